The fraction of sp³-hybridized carbons (Fsp3) is 0.290. The van der Waals surface area contributed by atoms with Crippen molar-refractivity contribution < 1.29 is 14.3 Å². The molecule has 0 saturated carbocycles. The first-order valence-corrected chi connectivity index (χ1v) is 13.4. The second kappa shape index (κ2) is 11.7. The molecule has 1 amide bonds. The molecule has 6 heteroatoms. The molecular weight excluding hydrogens is 480 g/mol. The van der Waals surface area contributed by atoms with Gasteiger partial charge in [0.1, 0.15) is 6.61 Å². The molecular formula is C31H34N2O3S. The maximum Gasteiger partial charge on any atom is 0.266 e. The van der Waals surface area contributed by atoms with Crippen molar-refractivity contribution in [2.45, 2.75) is 48.1 Å². The summed E-state index contributed by atoms with van der Waals surface area (Å²) in [5.41, 5.74) is 7.76. The number of amidine groups is 1. The number of aliphatic imine (C=N–C) groups is 1. The predicted octanol–water partition coefficient (Wildman–Crippen LogP) is 7.52. The lowest BCUT2D eigenvalue weighted by molar-refractivity contribution is -0.122. The van der Waals surface area contributed by atoms with Crippen LogP contribution in [0.15, 0.2) is 64.5 Å². The first kappa shape index (κ1) is 26.6. The topological polar surface area (TPSA) is 51.1 Å². The number of amides is 1. The summed E-state index contributed by atoms with van der Waals surface area (Å²) in [7, 11) is 0. The quantitative estimate of drug-likeness (QED) is 0.292. The van der Waals surface area contributed by atoms with Crippen molar-refractivity contribution in [2.24, 2.45) is 4.99 Å². The van der Waals surface area contributed by atoms with Crippen molar-refractivity contribution in [1.82, 2.24) is 4.90 Å². The fourth-order valence-corrected chi connectivity index (χ4v) is 5.40. The zero-order valence-corrected chi connectivity index (χ0v) is 23.2. The van der Waals surface area contributed by atoms with E-state index in [1.165, 1.54) is 39.6 Å². The normalized spacial score (nSPS) is 15.6. The Kier molecular flexibility index (Phi) is 8.39. The lowest BCUT2D eigenvalue weighted by Crippen LogP contribution is -2.28. The number of rotatable bonds is 8. The lowest BCUT2D eigenvalue weighted by atomic mass is 10.0. The van der Waals surface area contributed by atoms with E-state index in [-0.39, 0.29) is 5.91 Å². The standard InChI is InChI=1S/C31H34N2O3S/c1-7-33-30(34)29(37-31(33)32-25-12-9-20(3)10-13-25)18-24-11-14-27(28(17-24)35-8-2)36-19-26-22(5)15-21(4)16-23(26)6/h9-18H,7-8,19H2,1-6H3/b29-18+,32-31?. The van der Waals surface area contributed by atoms with Crippen LogP contribution in [0.25, 0.3) is 6.08 Å². The van der Waals surface area contributed by atoms with Crippen molar-refractivity contribution in [3.63, 3.8) is 0 Å². The third kappa shape index (κ3) is 6.25. The maximum atomic E-state index is 13.1. The van der Waals surface area contributed by atoms with E-state index in [4.69, 9.17) is 14.5 Å². The largest absolute Gasteiger partial charge is 0.490 e. The van der Waals surface area contributed by atoms with Crippen LogP contribution in [0.2, 0.25) is 0 Å². The Morgan fingerprint density at radius 1 is 0.865 bits per heavy atom. The van der Waals surface area contributed by atoms with Gasteiger partial charge in [-0.3, -0.25) is 9.69 Å². The maximum absolute atomic E-state index is 13.1. The smallest absolute Gasteiger partial charge is 0.266 e. The van der Waals surface area contributed by atoms with E-state index in [0.717, 1.165) is 11.3 Å². The van der Waals surface area contributed by atoms with Crippen molar-refractivity contribution in [3.8, 4) is 11.5 Å². The lowest BCUT2D eigenvalue weighted by Gasteiger charge is -2.16. The summed E-state index contributed by atoms with van der Waals surface area (Å²) in [5.74, 6) is 1.31. The first-order valence-electron chi connectivity index (χ1n) is 12.6. The number of hydrogen-bond donors (Lipinski definition) is 0. The molecule has 3 aromatic carbocycles. The van der Waals surface area contributed by atoms with Crippen LogP contribution >= 0.6 is 11.8 Å². The highest BCUT2D eigenvalue weighted by Gasteiger charge is 2.32. The number of thioether (sulfide) groups is 1. The number of aryl methyl sites for hydroxylation is 4. The van der Waals surface area contributed by atoms with Crippen LogP contribution in [0.1, 0.15) is 47.2 Å². The molecule has 0 N–H and O–H groups in total. The molecule has 0 atom stereocenters. The van der Waals surface area contributed by atoms with Crippen molar-refractivity contribution in [2.75, 3.05) is 13.2 Å². The molecule has 0 unspecified atom stereocenters. The molecule has 1 aliphatic heterocycles. The summed E-state index contributed by atoms with van der Waals surface area (Å²) in [6, 6.07) is 18.1. The Bertz CT molecular complexity index is 1340. The molecule has 192 valence electrons. The van der Waals surface area contributed by atoms with E-state index in [0.29, 0.717) is 41.3 Å². The highest BCUT2D eigenvalue weighted by atomic mass is 32.2. The highest BCUT2D eigenvalue weighted by Crippen LogP contribution is 2.36. The van der Waals surface area contributed by atoms with Gasteiger partial charge in [-0.05, 0) is 106 Å². The van der Waals surface area contributed by atoms with Gasteiger partial charge in [-0.1, -0.05) is 41.5 Å². The molecule has 0 aromatic heterocycles. The molecule has 0 radical (unpaired) electrons. The molecule has 1 heterocycles. The summed E-state index contributed by atoms with van der Waals surface area (Å²) in [5, 5.41) is 0.691. The Balaban J connectivity index is 1.57. The Labute approximate surface area is 224 Å². The zero-order chi connectivity index (χ0) is 26.5. The number of benzene rings is 3. The molecule has 0 bridgehead atoms. The Hall–Kier alpha value is -3.51. The summed E-state index contributed by atoms with van der Waals surface area (Å²) < 4.78 is 12.1. The number of hydrogen-bond acceptors (Lipinski definition) is 5. The van der Waals surface area contributed by atoms with Crippen molar-refractivity contribution in [1.29, 1.82) is 0 Å². The second-order valence-corrected chi connectivity index (χ2v) is 10.2. The van der Waals surface area contributed by atoms with Crippen LogP contribution in [0.3, 0.4) is 0 Å². The SMILES string of the molecule is CCOc1cc(/C=C2/SC(=Nc3ccc(C)cc3)N(CC)C2=O)ccc1OCc1c(C)cc(C)cc1C. The second-order valence-electron chi connectivity index (χ2n) is 9.20. The number of carbonyl (C=O) groups is 1. The minimum atomic E-state index is -0.0398. The van der Waals surface area contributed by atoms with Crippen LogP contribution in [-0.4, -0.2) is 29.1 Å². The third-order valence-electron chi connectivity index (χ3n) is 6.24. The van der Waals surface area contributed by atoms with E-state index in [1.807, 2.05) is 69.3 Å². The van der Waals surface area contributed by atoms with E-state index >= 15 is 0 Å². The minimum absolute atomic E-state index is 0.0398. The van der Waals surface area contributed by atoms with Crippen molar-refractivity contribution >= 4 is 34.6 Å². The fourth-order valence-electron chi connectivity index (χ4n) is 4.34. The minimum Gasteiger partial charge on any atom is -0.490 e. The first-order chi connectivity index (χ1) is 17.8. The van der Waals surface area contributed by atoms with Gasteiger partial charge in [0, 0.05) is 6.54 Å². The van der Waals surface area contributed by atoms with Gasteiger partial charge in [0.25, 0.3) is 5.91 Å². The van der Waals surface area contributed by atoms with Gasteiger partial charge < -0.3 is 9.47 Å². The molecule has 1 aliphatic rings. The summed E-state index contributed by atoms with van der Waals surface area (Å²) >= 11 is 1.40. The van der Waals surface area contributed by atoms with Crippen LogP contribution in [0.4, 0.5) is 5.69 Å². The summed E-state index contributed by atoms with van der Waals surface area (Å²) in [6.07, 6.45) is 1.90. The molecule has 0 aliphatic carbocycles. The average molecular weight is 515 g/mol. The highest BCUT2D eigenvalue weighted by molar-refractivity contribution is 8.18. The Morgan fingerprint density at radius 3 is 2.22 bits per heavy atom. The summed E-state index contributed by atoms with van der Waals surface area (Å²) in [4.78, 5) is 20.2. The zero-order valence-electron chi connectivity index (χ0n) is 22.4. The summed E-state index contributed by atoms with van der Waals surface area (Å²) in [6.45, 7) is 13.8. The van der Waals surface area contributed by atoms with Gasteiger partial charge in [-0.15, -0.1) is 0 Å². The van der Waals surface area contributed by atoms with E-state index in [9.17, 15) is 4.79 Å². The molecule has 1 fully saturated rings. The number of ether oxygens (including phenoxy) is 2. The van der Waals surface area contributed by atoms with Gasteiger partial charge in [0.15, 0.2) is 16.7 Å². The van der Waals surface area contributed by atoms with E-state index in [2.05, 4.69) is 32.9 Å². The molecule has 37 heavy (non-hydrogen) atoms. The monoisotopic (exact) mass is 514 g/mol. The molecule has 4 rings (SSSR count). The van der Waals surface area contributed by atoms with Crippen LogP contribution in [0, 0.1) is 27.7 Å². The van der Waals surface area contributed by atoms with Gasteiger partial charge >= 0.3 is 0 Å². The number of likely N-dealkylation sites (N-methyl/N-ethyl adjacent to an activating group) is 1. The van der Waals surface area contributed by atoms with Gasteiger partial charge in [0.2, 0.25) is 0 Å². The molecule has 3 aromatic rings. The van der Waals surface area contributed by atoms with Crippen molar-refractivity contribution in [3.05, 3.63) is 92.9 Å². The average Bonchev–Trinajstić information content (AvgIpc) is 3.14. The van der Waals surface area contributed by atoms with E-state index < -0.39 is 0 Å². The van der Waals surface area contributed by atoms with Gasteiger partial charge in [-0.2, -0.15) is 0 Å². The number of carbonyl (C=O) groups excluding carboxylic acids is 1. The van der Waals surface area contributed by atoms with E-state index in [1.54, 1.807) is 4.90 Å². The molecule has 0 spiro atoms. The van der Waals surface area contributed by atoms with Crippen LogP contribution < -0.4 is 9.47 Å². The molecule has 1 saturated heterocycles. The number of nitrogens with zero attached hydrogens (tertiary/aromatic N) is 2. The van der Waals surface area contributed by atoms with Crippen LogP contribution in [0.5, 0.6) is 11.5 Å². The van der Waals surface area contributed by atoms with Crippen LogP contribution in [-0.2, 0) is 11.4 Å². The molecule has 5 nitrogen and oxygen atoms in total. The third-order valence-corrected chi connectivity index (χ3v) is 7.25. The van der Waals surface area contributed by atoms with Gasteiger partial charge in [-0.25, -0.2) is 4.99 Å². The Morgan fingerprint density at radius 2 is 1.57 bits per heavy atom. The predicted molar refractivity (Wildman–Crippen MR) is 154 cm³/mol. The van der Waals surface area contributed by atoms with Gasteiger partial charge in [0.05, 0.1) is 17.2 Å².